The second-order valence-electron chi connectivity index (χ2n) is 4.20. The zero-order valence-electron chi connectivity index (χ0n) is 10.5. The molecule has 0 atom stereocenters. The number of benzene rings is 1. The van der Waals surface area contributed by atoms with Crippen LogP contribution in [0.4, 0.5) is 10.5 Å². The summed E-state index contributed by atoms with van der Waals surface area (Å²) in [6.45, 7) is 3.71. The normalized spacial score (nSPS) is 11.4. The van der Waals surface area contributed by atoms with Crippen molar-refractivity contribution in [2.45, 2.75) is 24.8 Å². The lowest BCUT2D eigenvalue weighted by Crippen LogP contribution is -2.40. The molecule has 3 N–H and O–H groups in total. The summed E-state index contributed by atoms with van der Waals surface area (Å²) in [5.41, 5.74) is 0.584. The predicted molar refractivity (Wildman–Crippen MR) is 69.9 cm³/mol. The minimum atomic E-state index is -3.70. The maximum absolute atomic E-state index is 11.7. The van der Waals surface area contributed by atoms with Crippen LogP contribution in [0.15, 0.2) is 29.2 Å². The van der Waals surface area contributed by atoms with E-state index in [4.69, 9.17) is 5.14 Å². The van der Waals surface area contributed by atoms with Crippen LogP contribution in [-0.2, 0) is 10.0 Å². The summed E-state index contributed by atoms with van der Waals surface area (Å²) in [5, 5.41) is 7.72. The molecule has 0 aliphatic carbocycles. The topological polar surface area (TPSA) is 92.5 Å². The monoisotopic (exact) mass is 271 g/mol. The predicted octanol–water partition coefficient (Wildman–Crippen LogP) is 0.888. The molecule has 1 rings (SSSR count). The number of rotatable bonds is 3. The number of nitrogens with two attached hydrogens (primary N) is 1. The van der Waals surface area contributed by atoms with Crippen molar-refractivity contribution >= 4 is 21.7 Å². The van der Waals surface area contributed by atoms with E-state index < -0.39 is 10.0 Å². The number of carbonyl (C=O) groups excluding carboxylic acids is 1. The fraction of sp³-hybridized carbons (Fsp3) is 0.364. The van der Waals surface area contributed by atoms with Crippen molar-refractivity contribution in [2.24, 2.45) is 5.14 Å². The molecule has 1 aromatic carbocycles. The minimum absolute atomic E-state index is 0.0175. The van der Waals surface area contributed by atoms with Crippen molar-refractivity contribution in [1.29, 1.82) is 0 Å². The average molecular weight is 271 g/mol. The first kappa shape index (κ1) is 14.5. The summed E-state index contributed by atoms with van der Waals surface area (Å²) in [4.78, 5) is 13.1. The van der Waals surface area contributed by atoms with E-state index in [1.165, 1.54) is 29.2 Å². The SMILES string of the molecule is CC(C)NC(=O)N(C)c1ccc(S(N)(=O)=O)cc1. The average Bonchev–Trinajstić information content (AvgIpc) is 2.26. The summed E-state index contributed by atoms with van der Waals surface area (Å²) in [6, 6.07) is 5.56. The Morgan fingerprint density at radius 3 is 2.17 bits per heavy atom. The molecule has 0 heterocycles. The van der Waals surface area contributed by atoms with Gasteiger partial charge in [-0.05, 0) is 38.1 Å². The quantitative estimate of drug-likeness (QED) is 0.855. The molecular formula is C11H17N3O3S. The molecule has 0 aromatic heterocycles. The Kier molecular flexibility index (Phi) is 4.31. The largest absolute Gasteiger partial charge is 0.336 e. The summed E-state index contributed by atoms with van der Waals surface area (Å²) < 4.78 is 22.2. The van der Waals surface area contributed by atoms with Crippen LogP contribution in [0.5, 0.6) is 0 Å². The van der Waals surface area contributed by atoms with Gasteiger partial charge >= 0.3 is 6.03 Å². The number of sulfonamides is 1. The van der Waals surface area contributed by atoms with E-state index in [1.54, 1.807) is 7.05 Å². The van der Waals surface area contributed by atoms with Gasteiger partial charge in [0.25, 0.3) is 0 Å². The maximum atomic E-state index is 11.7. The number of hydrogen-bond donors (Lipinski definition) is 2. The lowest BCUT2D eigenvalue weighted by Gasteiger charge is -2.19. The fourth-order valence-electron chi connectivity index (χ4n) is 1.32. The van der Waals surface area contributed by atoms with Gasteiger partial charge in [0.15, 0.2) is 0 Å². The van der Waals surface area contributed by atoms with E-state index in [1.807, 2.05) is 13.8 Å². The van der Waals surface area contributed by atoms with Gasteiger partial charge in [-0.1, -0.05) is 0 Å². The van der Waals surface area contributed by atoms with Crippen molar-refractivity contribution in [3.63, 3.8) is 0 Å². The van der Waals surface area contributed by atoms with Crippen LogP contribution in [0.3, 0.4) is 0 Å². The number of nitrogens with one attached hydrogen (secondary N) is 1. The lowest BCUT2D eigenvalue weighted by molar-refractivity contribution is 0.245. The van der Waals surface area contributed by atoms with Gasteiger partial charge in [0.05, 0.1) is 4.90 Å². The Morgan fingerprint density at radius 1 is 1.28 bits per heavy atom. The fourth-order valence-corrected chi connectivity index (χ4v) is 1.84. The molecule has 0 aliphatic heterocycles. The van der Waals surface area contributed by atoms with E-state index in [2.05, 4.69) is 5.32 Å². The Bertz CT molecular complexity index is 523. The molecule has 100 valence electrons. The van der Waals surface area contributed by atoms with Crippen LogP contribution in [0, 0.1) is 0 Å². The molecule has 7 heteroatoms. The van der Waals surface area contributed by atoms with E-state index in [0.29, 0.717) is 5.69 Å². The summed E-state index contributed by atoms with van der Waals surface area (Å²) in [7, 11) is -2.10. The van der Waals surface area contributed by atoms with Crippen molar-refractivity contribution in [3.8, 4) is 0 Å². The molecule has 0 saturated carbocycles. The first-order chi connectivity index (χ1) is 8.21. The number of hydrogen-bond acceptors (Lipinski definition) is 3. The molecule has 0 radical (unpaired) electrons. The summed E-state index contributed by atoms with van der Waals surface area (Å²) in [6.07, 6.45) is 0. The van der Waals surface area contributed by atoms with Crippen molar-refractivity contribution < 1.29 is 13.2 Å². The molecule has 1 aromatic rings. The molecule has 0 aliphatic rings. The zero-order chi connectivity index (χ0) is 13.9. The van der Waals surface area contributed by atoms with E-state index >= 15 is 0 Å². The minimum Gasteiger partial charge on any atom is -0.336 e. The van der Waals surface area contributed by atoms with E-state index in [-0.39, 0.29) is 17.0 Å². The van der Waals surface area contributed by atoms with Crippen LogP contribution in [-0.4, -0.2) is 27.5 Å². The first-order valence-corrected chi connectivity index (χ1v) is 6.93. The lowest BCUT2D eigenvalue weighted by atomic mass is 10.3. The molecule has 0 bridgehead atoms. The van der Waals surface area contributed by atoms with Gasteiger partial charge in [-0.15, -0.1) is 0 Å². The zero-order valence-corrected chi connectivity index (χ0v) is 11.4. The number of urea groups is 1. The van der Waals surface area contributed by atoms with Crippen molar-refractivity contribution in [2.75, 3.05) is 11.9 Å². The highest BCUT2D eigenvalue weighted by Crippen LogP contribution is 2.16. The summed E-state index contributed by atoms with van der Waals surface area (Å²) >= 11 is 0. The highest BCUT2D eigenvalue weighted by molar-refractivity contribution is 7.89. The number of nitrogens with zero attached hydrogens (tertiary/aromatic N) is 1. The van der Waals surface area contributed by atoms with Crippen LogP contribution in [0.25, 0.3) is 0 Å². The Hall–Kier alpha value is -1.60. The molecule has 6 nitrogen and oxygen atoms in total. The summed E-state index contributed by atoms with van der Waals surface area (Å²) in [5.74, 6) is 0. The number of anilines is 1. The highest BCUT2D eigenvalue weighted by Gasteiger charge is 2.13. The Morgan fingerprint density at radius 2 is 1.78 bits per heavy atom. The van der Waals surface area contributed by atoms with Crippen LogP contribution >= 0.6 is 0 Å². The van der Waals surface area contributed by atoms with E-state index in [0.717, 1.165) is 0 Å². The van der Waals surface area contributed by atoms with Crippen LogP contribution < -0.4 is 15.4 Å². The van der Waals surface area contributed by atoms with Gasteiger partial charge in [-0.2, -0.15) is 0 Å². The molecule has 0 spiro atoms. The van der Waals surface area contributed by atoms with Gasteiger partial charge < -0.3 is 5.32 Å². The number of amides is 2. The van der Waals surface area contributed by atoms with Crippen LogP contribution in [0.2, 0.25) is 0 Å². The third-order valence-corrected chi connectivity index (χ3v) is 3.20. The van der Waals surface area contributed by atoms with E-state index in [9.17, 15) is 13.2 Å². The number of carbonyl (C=O) groups is 1. The standard InChI is InChI=1S/C11H17N3O3S/c1-8(2)13-11(15)14(3)9-4-6-10(7-5-9)18(12,16)17/h4-8H,1-3H3,(H,13,15)(H2,12,16,17). The Balaban J connectivity index is 2.89. The molecular weight excluding hydrogens is 254 g/mol. The van der Waals surface area contributed by atoms with Gasteiger partial charge in [0, 0.05) is 18.8 Å². The second kappa shape index (κ2) is 5.36. The molecule has 18 heavy (non-hydrogen) atoms. The van der Waals surface area contributed by atoms with Crippen molar-refractivity contribution in [1.82, 2.24) is 5.32 Å². The highest BCUT2D eigenvalue weighted by atomic mass is 32.2. The third kappa shape index (κ3) is 3.71. The smallest absolute Gasteiger partial charge is 0.321 e. The first-order valence-electron chi connectivity index (χ1n) is 5.39. The molecule has 0 unspecified atom stereocenters. The van der Waals surface area contributed by atoms with Gasteiger partial charge in [0.2, 0.25) is 10.0 Å². The molecule has 2 amide bonds. The van der Waals surface area contributed by atoms with Crippen LogP contribution in [0.1, 0.15) is 13.8 Å². The molecule has 0 saturated heterocycles. The number of primary sulfonamides is 1. The molecule has 0 fully saturated rings. The third-order valence-electron chi connectivity index (χ3n) is 2.27. The Labute approximate surface area is 107 Å². The van der Waals surface area contributed by atoms with Gasteiger partial charge in [-0.25, -0.2) is 18.4 Å². The van der Waals surface area contributed by atoms with Gasteiger partial charge in [0.1, 0.15) is 0 Å². The second-order valence-corrected chi connectivity index (χ2v) is 5.76. The van der Waals surface area contributed by atoms with Gasteiger partial charge in [-0.3, -0.25) is 4.90 Å². The van der Waals surface area contributed by atoms with Crippen molar-refractivity contribution in [3.05, 3.63) is 24.3 Å². The maximum Gasteiger partial charge on any atom is 0.321 e.